The maximum Gasteiger partial charge on any atom is 0.341 e. The van der Waals surface area contributed by atoms with E-state index in [9.17, 15) is 9.59 Å². The van der Waals surface area contributed by atoms with Crippen LogP contribution in [0.1, 0.15) is 13.8 Å². The molecule has 7 heteroatoms. The summed E-state index contributed by atoms with van der Waals surface area (Å²) in [6, 6.07) is -0.256. The first-order valence-electron chi connectivity index (χ1n) is 5.04. The number of carbonyl (C=O) groups is 2. The molecular formula is C9H16N2O4S. The van der Waals surface area contributed by atoms with Crippen molar-refractivity contribution in [2.75, 3.05) is 18.9 Å². The second kappa shape index (κ2) is 5.95. The van der Waals surface area contributed by atoms with Crippen LogP contribution in [0.25, 0.3) is 0 Å². The van der Waals surface area contributed by atoms with Gasteiger partial charge in [0.2, 0.25) is 0 Å². The van der Waals surface area contributed by atoms with E-state index in [4.69, 9.17) is 5.11 Å². The van der Waals surface area contributed by atoms with E-state index in [1.54, 1.807) is 4.90 Å². The summed E-state index contributed by atoms with van der Waals surface area (Å²) in [6.45, 7) is 4.15. The smallest absolute Gasteiger partial charge is 0.341 e. The van der Waals surface area contributed by atoms with Gasteiger partial charge in [-0.15, -0.1) is 0 Å². The molecule has 0 bridgehead atoms. The highest BCUT2D eigenvalue weighted by molar-refractivity contribution is 8.00. The van der Waals surface area contributed by atoms with E-state index < -0.39 is 12.6 Å². The normalized spacial score (nSPS) is 25.2. The van der Waals surface area contributed by atoms with Gasteiger partial charge in [0.15, 0.2) is 6.61 Å². The van der Waals surface area contributed by atoms with Crippen LogP contribution in [-0.2, 0) is 9.63 Å². The Morgan fingerprint density at radius 3 is 2.88 bits per heavy atom. The van der Waals surface area contributed by atoms with Crippen molar-refractivity contribution in [2.45, 2.75) is 25.1 Å². The molecule has 2 atom stereocenters. The van der Waals surface area contributed by atoms with Gasteiger partial charge in [0.25, 0.3) is 0 Å². The van der Waals surface area contributed by atoms with E-state index in [0.717, 1.165) is 5.75 Å². The number of rotatable bonds is 3. The summed E-state index contributed by atoms with van der Waals surface area (Å²) in [5.41, 5.74) is 2.13. The van der Waals surface area contributed by atoms with Crippen molar-refractivity contribution >= 4 is 23.8 Å². The first-order chi connectivity index (χ1) is 7.52. The van der Waals surface area contributed by atoms with Crippen molar-refractivity contribution in [1.29, 1.82) is 0 Å². The van der Waals surface area contributed by atoms with E-state index in [0.29, 0.717) is 11.8 Å². The van der Waals surface area contributed by atoms with Crippen molar-refractivity contribution < 1.29 is 19.5 Å². The molecule has 0 saturated carbocycles. The zero-order chi connectivity index (χ0) is 12.1. The van der Waals surface area contributed by atoms with Gasteiger partial charge in [0.05, 0.1) is 0 Å². The molecule has 0 radical (unpaired) electrons. The highest BCUT2D eigenvalue weighted by Gasteiger charge is 2.28. The SMILES string of the molecule is CC1SCCN(C(=O)NOCC(=O)O)C1C. The highest BCUT2D eigenvalue weighted by atomic mass is 32.2. The van der Waals surface area contributed by atoms with Gasteiger partial charge in [0.1, 0.15) is 0 Å². The highest BCUT2D eigenvalue weighted by Crippen LogP contribution is 2.23. The summed E-state index contributed by atoms with van der Waals surface area (Å²) in [5, 5.41) is 8.71. The predicted octanol–water partition coefficient (Wildman–Crippen LogP) is 0.538. The lowest BCUT2D eigenvalue weighted by molar-refractivity contribution is -0.144. The molecule has 6 nitrogen and oxygen atoms in total. The number of carbonyl (C=O) groups excluding carboxylic acids is 1. The Labute approximate surface area is 98.3 Å². The van der Waals surface area contributed by atoms with Gasteiger partial charge in [-0.2, -0.15) is 11.8 Å². The Balaban J connectivity index is 2.37. The van der Waals surface area contributed by atoms with Crippen LogP contribution in [0, 0.1) is 0 Å². The van der Waals surface area contributed by atoms with Crippen LogP contribution in [0.3, 0.4) is 0 Å². The van der Waals surface area contributed by atoms with Crippen LogP contribution in [0.4, 0.5) is 4.79 Å². The van der Waals surface area contributed by atoms with Crippen molar-refractivity contribution in [3.8, 4) is 0 Å². The van der Waals surface area contributed by atoms with Crippen molar-refractivity contribution in [2.24, 2.45) is 0 Å². The summed E-state index contributed by atoms with van der Waals surface area (Å²) in [6.07, 6.45) is 0. The second-order valence-electron chi connectivity index (χ2n) is 3.60. The molecule has 0 spiro atoms. The average Bonchev–Trinajstić information content (AvgIpc) is 2.21. The van der Waals surface area contributed by atoms with Crippen LogP contribution >= 0.6 is 11.8 Å². The Bertz CT molecular complexity index is 274. The summed E-state index contributed by atoms with van der Waals surface area (Å²) in [4.78, 5) is 28.0. The van der Waals surface area contributed by atoms with Gasteiger partial charge >= 0.3 is 12.0 Å². The minimum Gasteiger partial charge on any atom is -0.479 e. The predicted molar refractivity (Wildman–Crippen MR) is 60.2 cm³/mol. The van der Waals surface area contributed by atoms with E-state index in [1.807, 2.05) is 18.7 Å². The van der Waals surface area contributed by atoms with Gasteiger partial charge < -0.3 is 10.0 Å². The summed E-state index contributed by atoms with van der Waals surface area (Å²) in [5.74, 6) is -0.228. The summed E-state index contributed by atoms with van der Waals surface area (Å²) >= 11 is 1.82. The van der Waals surface area contributed by atoms with E-state index in [-0.39, 0.29) is 12.1 Å². The number of carboxylic acids is 1. The molecule has 1 aliphatic rings. The zero-order valence-electron chi connectivity index (χ0n) is 9.30. The van der Waals surface area contributed by atoms with Gasteiger partial charge in [-0.05, 0) is 6.92 Å². The molecule has 1 rings (SSSR count). The number of hydrogen-bond donors (Lipinski definition) is 2. The minimum atomic E-state index is -1.11. The number of nitrogens with zero attached hydrogens (tertiary/aromatic N) is 1. The van der Waals surface area contributed by atoms with Gasteiger partial charge in [0, 0.05) is 23.6 Å². The molecule has 1 fully saturated rings. The average molecular weight is 248 g/mol. The van der Waals surface area contributed by atoms with Crippen molar-refractivity contribution in [1.82, 2.24) is 10.4 Å². The molecule has 16 heavy (non-hydrogen) atoms. The number of thioether (sulfide) groups is 1. The van der Waals surface area contributed by atoms with Crippen molar-refractivity contribution in [3.63, 3.8) is 0 Å². The molecular weight excluding hydrogens is 232 g/mol. The molecule has 0 aromatic heterocycles. The van der Waals surface area contributed by atoms with E-state index in [1.165, 1.54) is 0 Å². The number of aliphatic carboxylic acids is 1. The second-order valence-corrected chi connectivity index (χ2v) is 5.08. The van der Waals surface area contributed by atoms with Crippen LogP contribution in [0.2, 0.25) is 0 Å². The summed E-state index contributed by atoms with van der Waals surface area (Å²) in [7, 11) is 0. The Morgan fingerprint density at radius 2 is 2.25 bits per heavy atom. The van der Waals surface area contributed by atoms with Gasteiger partial charge in [-0.1, -0.05) is 6.92 Å². The Hall–Kier alpha value is -0.950. The quantitative estimate of drug-likeness (QED) is 0.713. The van der Waals surface area contributed by atoms with E-state index >= 15 is 0 Å². The maximum atomic E-state index is 11.6. The first-order valence-corrected chi connectivity index (χ1v) is 6.09. The van der Waals surface area contributed by atoms with Crippen LogP contribution in [-0.4, -0.2) is 52.2 Å². The fraction of sp³-hybridized carbons (Fsp3) is 0.778. The molecule has 0 aromatic rings. The first kappa shape index (κ1) is 13.1. The molecule has 1 aliphatic heterocycles. The minimum absolute atomic E-state index is 0.118. The monoisotopic (exact) mass is 248 g/mol. The lowest BCUT2D eigenvalue weighted by Gasteiger charge is -2.37. The Morgan fingerprint density at radius 1 is 1.56 bits per heavy atom. The topological polar surface area (TPSA) is 78.9 Å². The number of urea groups is 1. The Kier molecular flexibility index (Phi) is 4.88. The van der Waals surface area contributed by atoms with Crippen LogP contribution in [0.15, 0.2) is 0 Å². The van der Waals surface area contributed by atoms with Crippen LogP contribution < -0.4 is 5.48 Å². The largest absolute Gasteiger partial charge is 0.479 e. The molecule has 1 heterocycles. The van der Waals surface area contributed by atoms with Crippen molar-refractivity contribution in [3.05, 3.63) is 0 Å². The van der Waals surface area contributed by atoms with Gasteiger partial charge in [-0.25, -0.2) is 15.1 Å². The zero-order valence-corrected chi connectivity index (χ0v) is 10.1. The third kappa shape index (κ3) is 3.57. The fourth-order valence-corrected chi connectivity index (χ4v) is 2.54. The number of nitrogens with one attached hydrogen (secondary N) is 1. The third-order valence-electron chi connectivity index (χ3n) is 2.50. The third-order valence-corrected chi connectivity index (χ3v) is 3.84. The maximum absolute atomic E-state index is 11.6. The molecule has 2 unspecified atom stereocenters. The number of amides is 2. The molecule has 0 aromatic carbocycles. The molecule has 0 aliphatic carbocycles. The van der Waals surface area contributed by atoms with Gasteiger partial charge in [-0.3, -0.25) is 4.84 Å². The molecule has 1 saturated heterocycles. The number of hydrogen-bond acceptors (Lipinski definition) is 4. The number of hydroxylamine groups is 1. The molecule has 2 N–H and O–H groups in total. The summed E-state index contributed by atoms with van der Waals surface area (Å²) < 4.78 is 0. The lowest BCUT2D eigenvalue weighted by atomic mass is 10.2. The van der Waals surface area contributed by atoms with E-state index in [2.05, 4.69) is 17.2 Å². The van der Waals surface area contributed by atoms with Crippen LogP contribution in [0.5, 0.6) is 0 Å². The molecule has 92 valence electrons. The lowest BCUT2D eigenvalue weighted by Crippen LogP contribution is -2.52. The molecule has 2 amide bonds. The standard InChI is InChI=1S/C9H16N2O4S/c1-6-7(2)16-4-3-11(6)9(14)10-15-5-8(12)13/h6-7H,3-5H2,1-2H3,(H,10,14)(H,12,13). The number of carboxylic acid groups (broad SMARTS) is 1. The fourth-order valence-electron chi connectivity index (χ4n) is 1.44.